The van der Waals surface area contributed by atoms with Crippen molar-refractivity contribution in [3.05, 3.63) is 85.1 Å². The lowest BCUT2D eigenvalue weighted by atomic mass is 10.1. The number of allylic oxidation sites excluding steroid dienone is 14. The Morgan fingerprint density at radius 1 is 0.300 bits per heavy atom. The number of rotatable bonds is 53. The molecule has 0 rings (SSSR count). The van der Waals surface area contributed by atoms with Gasteiger partial charge in [-0.25, -0.2) is 0 Å². The van der Waals surface area contributed by atoms with Gasteiger partial charge in [-0.2, -0.15) is 0 Å². The lowest BCUT2D eigenvalue weighted by molar-refractivity contribution is -0.167. The lowest BCUT2D eigenvalue weighted by Gasteiger charge is -2.18. The van der Waals surface area contributed by atoms with Gasteiger partial charge < -0.3 is 14.2 Å². The number of hydrogen-bond donors (Lipinski definition) is 0. The normalized spacial score (nSPS) is 12.7. The summed E-state index contributed by atoms with van der Waals surface area (Å²) < 4.78 is 16.9. The van der Waals surface area contributed by atoms with Crippen LogP contribution in [0.1, 0.15) is 284 Å². The minimum Gasteiger partial charge on any atom is -0.462 e. The van der Waals surface area contributed by atoms with Crippen molar-refractivity contribution in [3.8, 4) is 0 Å². The Kier molecular flexibility index (Phi) is 55.3. The summed E-state index contributed by atoms with van der Waals surface area (Å²) in [6, 6.07) is 0. The summed E-state index contributed by atoms with van der Waals surface area (Å²) in [4.78, 5) is 38.2. The van der Waals surface area contributed by atoms with E-state index in [1.165, 1.54) is 128 Å². The number of unbranched alkanes of at least 4 members (excludes halogenated alkanes) is 28. The van der Waals surface area contributed by atoms with Gasteiger partial charge in [-0.05, 0) is 116 Å². The molecule has 0 saturated carbocycles. The smallest absolute Gasteiger partial charge is 0.306 e. The predicted octanol–water partition coefficient (Wildman–Crippen LogP) is 19.9. The highest BCUT2D eigenvalue weighted by Crippen LogP contribution is 2.15. The molecule has 1 atom stereocenters. The molecule has 0 aromatic rings. The molecule has 70 heavy (non-hydrogen) atoms. The molecule has 6 heteroatoms. The second kappa shape index (κ2) is 58.2. The van der Waals surface area contributed by atoms with Gasteiger partial charge in [0.1, 0.15) is 13.2 Å². The van der Waals surface area contributed by atoms with Crippen molar-refractivity contribution < 1.29 is 28.6 Å². The van der Waals surface area contributed by atoms with Crippen LogP contribution in [0.4, 0.5) is 0 Å². The molecule has 402 valence electrons. The minimum absolute atomic E-state index is 0.0885. The van der Waals surface area contributed by atoms with Crippen LogP contribution in [0.5, 0.6) is 0 Å². The van der Waals surface area contributed by atoms with E-state index in [0.29, 0.717) is 19.3 Å². The van der Waals surface area contributed by atoms with E-state index in [0.717, 1.165) is 116 Å². The molecule has 0 heterocycles. The number of carbonyl (C=O) groups excluding carboxylic acids is 3. The fourth-order valence-corrected chi connectivity index (χ4v) is 8.16. The molecule has 0 fully saturated rings. The average molecular weight is 976 g/mol. The maximum absolute atomic E-state index is 12.9. The average Bonchev–Trinajstić information content (AvgIpc) is 3.36. The molecule has 0 aliphatic carbocycles. The van der Waals surface area contributed by atoms with Crippen molar-refractivity contribution in [1.82, 2.24) is 0 Å². The Bertz CT molecular complexity index is 1350. The highest BCUT2D eigenvalue weighted by atomic mass is 16.6. The fourth-order valence-electron chi connectivity index (χ4n) is 8.16. The summed E-state index contributed by atoms with van der Waals surface area (Å²) >= 11 is 0. The van der Waals surface area contributed by atoms with E-state index in [4.69, 9.17) is 14.2 Å². The van der Waals surface area contributed by atoms with E-state index in [1.54, 1.807) is 0 Å². The second-order valence-corrected chi connectivity index (χ2v) is 19.5. The highest BCUT2D eigenvalue weighted by molar-refractivity contribution is 5.71. The Morgan fingerprint density at radius 3 is 0.900 bits per heavy atom. The van der Waals surface area contributed by atoms with Gasteiger partial charge >= 0.3 is 17.9 Å². The SMILES string of the molecule is CC/C=C\C/C=C\C/C=C\C/C=C\C/C=C\CCCCCCCC(=O)OCC(COC(=O)CCCCCCC/C=C\CCCCCC)OC(=O)CCCCCCCCC/C=C\CCCCCCCCC. The van der Waals surface area contributed by atoms with Crippen LogP contribution in [0.25, 0.3) is 0 Å². The van der Waals surface area contributed by atoms with Crippen molar-refractivity contribution in [1.29, 1.82) is 0 Å². The van der Waals surface area contributed by atoms with Crippen LogP contribution in [0, 0.1) is 0 Å². The quantitative estimate of drug-likeness (QED) is 0.0261. The Hall–Kier alpha value is -3.41. The van der Waals surface area contributed by atoms with Crippen molar-refractivity contribution >= 4 is 17.9 Å². The zero-order valence-electron chi connectivity index (χ0n) is 46.0. The van der Waals surface area contributed by atoms with Gasteiger partial charge in [-0.3, -0.25) is 14.4 Å². The zero-order chi connectivity index (χ0) is 50.7. The monoisotopic (exact) mass is 975 g/mol. The van der Waals surface area contributed by atoms with Gasteiger partial charge in [-0.1, -0.05) is 234 Å². The van der Waals surface area contributed by atoms with Crippen LogP contribution in [0.2, 0.25) is 0 Å². The predicted molar refractivity (Wildman–Crippen MR) is 302 cm³/mol. The van der Waals surface area contributed by atoms with Gasteiger partial charge in [0.15, 0.2) is 6.10 Å². The molecule has 0 aromatic carbocycles. The van der Waals surface area contributed by atoms with Gasteiger partial charge in [-0.15, -0.1) is 0 Å². The van der Waals surface area contributed by atoms with Crippen molar-refractivity contribution in [2.75, 3.05) is 13.2 Å². The third-order valence-electron chi connectivity index (χ3n) is 12.6. The third kappa shape index (κ3) is 55.5. The van der Waals surface area contributed by atoms with Crippen LogP contribution in [0.15, 0.2) is 85.1 Å². The van der Waals surface area contributed by atoms with Crippen molar-refractivity contribution in [3.63, 3.8) is 0 Å². The Morgan fingerprint density at radius 2 is 0.557 bits per heavy atom. The van der Waals surface area contributed by atoms with Crippen LogP contribution in [0.3, 0.4) is 0 Å². The zero-order valence-corrected chi connectivity index (χ0v) is 46.0. The number of esters is 3. The van der Waals surface area contributed by atoms with Crippen LogP contribution in [-0.4, -0.2) is 37.2 Å². The topological polar surface area (TPSA) is 78.9 Å². The summed E-state index contributed by atoms with van der Waals surface area (Å²) in [6.45, 7) is 6.50. The molecule has 0 aliphatic rings. The molecule has 0 amide bonds. The van der Waals surface area contributed by atoms with Crippen LogP contribution in [-0.2, 0) is 28.6 Å². The molecule has 0 radical (unpaired) electrons. The van der Waals surface area contributed by atoms with E-state index >= 15 is 0 Å². The summed E-state index contributed by atoms with van der Waals surface area (Å²) in [5.41, 5.74) is 0. The van der Waals surface area contributed by atoms with E-state index in [1.807, 2.05) is 0 Å². The molecule has 0 aromatic heterocycles. The first kappa shape index (κ1) is 66.6. The largest absolute Gasteiger partial charge is 0.462 e. The van der Waals surface area contributed by atoms with Gasteiger partial charge in [0, 0.05) is 19.3 Å². The number of ether oxygens (including phenoxy) is 3. The van der Waals surface area contributed by atoms with Crippen molar-refractivity contribution in [2.24, 2.45) is 0 Å². The highest BCUT2D eigenvalue weighted by Gasteiger charge is 2.19. The van der Waals surface area contributed by atoms with Gasteiger partial charge in [0.25, 0.3) is 0 Å². The summed E-state index contributed by atoms with van der Waals surface area (Å²) in [5.74, 6) is -0.913. The number of carbonyl (C=O) groups is 3. The second-order valence-electron chi connectivity index (χ2n) is 19.5. The lowest BCUT2D eigenvalue weighted by Crippen LogP contribution is -2.30. The van der Waals surface area contributed by atoms with E-state index in [-0.39, 0.29) is 31.1 Å². The Balaban J connectivity index is 4.41. The number of hydrogen-bond acceptors (Lipinski definition) is 6. The molecule has 6 nitrogen and oxygen atoms in total. The van der Waals surface area contributed by atoms with E-state index in [2.05, 4.69) is 106 Å². The summed E-state index contributed by atoms with van der Waals surface area (Å²) in [6.07, 6.45) is 75.7. The van der Waals surface area contributed by atoms with Crippen LogP contribution >= 0.6 is 0 Å². The maximum atomic E-state index is 12.9. The Labute approximate surface area is 433 Å². The first-order valence-corrected chi connectivity index (χ1v) is 29.6. The molecule has 0 N–H and O–H groups in total. The first-order valence-electron chi connectivity index (χ1n) is 29.6. The molecule has 0 aliphatic heterocycles. The molecule has 1 unspecified atom stereocenters. The van der Waals surface area contributed by atoms with Crippen LogP contribution < -0.4 is 0 Å². The van der Waals surface area contributed by atoms with E-state index < -0.39 is 6.10 Å². The molecular weight excluding hydrogens is 865 g/mol. The summed E-state index contributed by atoms with van der Waals surface area (Å²) in [5, 5.41) is 0. The first-order chi connectivity index (χ1) is 34.5. The maximum Gasteiger partial charge on any atom is 0.306 e. The molecule has 0 spiro atoms. The van der Waals surface area contributed by atoms with Crippen molar-refractivity contribution in [2.45, 2.75) is 290 Å². The molecular formula is C64H110O6. The third-order valence-corrected chi connectivity index (χ3v) is 12.6. The van der Waals surface area contributed by atoms with E-state index in [9.17, 15) is 14.4 Å². The standard InChI is InChI=1S/C64H110O6/c1-4-7-10-13-16-19-22-25-27-29-31-32-33-35-36-39-42-45-48-51-54-57-63(66)69-60-61(59-68-62(65)56-53-50-47-44-41-38-24-21-18-15-12-9-6-3)70-64(67)58-55-52-49-46-43-40-37-34-30-28-26-23-20-17-14-11-8-5-2/h7,10,16,19,21,24-25,27-28,30-32,35-36,61H,4-6,8-9,11-15,17-18,20,22-23,26,29,33-34,37-60H2,1-3H3/b10-7-,19-16-,24-21-,27-25-,30-28-,32-31-,36-35-. The minimum atomic E-state index is -0.791. The molecule has 0 bridgehead atoms. The fraction of sp³-hybridized carbons (Fsp3) is 0.734. The summed E-state index contributed by atoms with van der Waals surface area (Å²) in [7, 11) is 0. The van der Waals surface area contributed by atoms with Gasteiger partial charge in [0.2, 0.25) is 0 Å². The van der Waals surface area contributed by atoms with Gasteiger partial charge in [0.05, 0.1) is 0 Å². The molecule has 0 saturated heterocycles.